The third kappa shape index (κ3) is 6.83. The van der Waals surface area contributed by atoms with E-state index in [9.17, 15) is 4.79 Å². The lowest BCUT2D eigenvalue weighted by Gasteiger charge is -2.20. The molecule has 0 aliphatic rings. The van der Waals surface area contributed by atoms with E-state index >= 15 is 0 Å². The molecule has 1 aromatic heterocycles. The van der Waals surface area contributed by atoms with Crippen LogP contribution in [0.15, 0.2) is 18.5 Å². The molecule has 0 aliphatic heterocycles. The Balaban J connectivity index is 2.28. The van der Waals surface area contributed by atoms with Crippen molar-refractivity contribution in [3.63, 3.8) is 0 Å². The minimum atomic E-state index is -0.460. The van der Waals surface area contributed by atoms with Crippen molar-refractivity contribution in [2.75, 3.05) is 37.4 Å². The van der Waals surface area contributed by atoms with Gasteiger partial charge in [-0.25, -0.2) is 4.79 Å². The number of ether oxygens (including phenoxy) is 1. The van der Waals surface area contributed by atoms with Gasteiger partial charge >= 0.3 is 6.09 Å². The summed E-state index contributed by atoms with van der Waals surface area (Å²) in [7, 11) is 3.98. The predicted molar refractivity (Wildman–Crippen MR) is 85.9 cm³/mol. The first-order valence-corrected chi connectivity index (χ1v) is 7.11. The van der Waals surface area contributed by atoms with Crippen molar-refractivity contribution in [2.24, 2.45) is 0 Å². The van der Waals surface area contributed by atoms with Crippen LogP contribution in [-0.2, 0) is 4.74 Å². The fourth-order valence-corrected chi connectivity index (χ4v) is 1.73. The molecule has 0 unspecified atom stereocenters. The van der Waals surface area contributed by atoms with Crippen molar-refractivity contribution in [2.45, 2.75) is 32.8 Å². The van der Waals surface area contributed by atoms with E-state index in [0.29, 0.717) is 6.54 Å². The van der Waals surface area contributed by atoms with Crippen LogP contribution in [0.1, 0.15) is 27.2 Å². The maximum absolute atomic E-state index is 11.5. The van der Waals surface area contributed by atoms with Crippen LogP contribution in [0.25, 0.3) is 0 Å². The zero-order valence-corrected chi connectivity index (χ0v) is 13.6. The summed E-state index contributed by atoms with van der Waals surface area (Å²) in [6.45, 7) is 6.86. The normalized spacial score (nSPS) is 10.9. The second kappa shape index (κ2) is 7.71. The molecule has 1 heterocycles. The maximum Gasteiger partial charge on any atom is 0.407 e. The molecule has 1 aromatic rings. The summed E-state index contributed by atoms with van der Waals surface area (Å²) in [4.78, 5) is 17.6. The molecule has 118 valence electrons. The van der Waals surface area contributed by atoms with Gasteiger partial charge in [0.15, 0.2) is 0 Å². The number of rotatable bonds is 6. The van der Waals surface area contributed by atoms with Crippen molar-refractivity contribution in [3.05, 3.63) is 18.5 Å². The highest BCUT2D eigenvalue weighted by atomic mass is 16.6. The van der Waals surface area contributed by atoms with Gasteiger partial charge in [0.1, 0.15) is 5.60 Å². The molecule has 0 radical (unpaired) electrons. The molecule has 0 atom stereocenters. The largest absolute Gasteiger partial charge is 0.444 e. The van der Waals surface area contributed by atoms with E-state index in [-0.39, 0.29) is 6.09 Å². The van der Waals surface area contributed by atoms with Gasteiger partial charge in [-0.2, -0.15) is 0 Å². The highest BCUT2D eigenvalue weighted by Gasteiger charge is 2.15. The van der Waals surface area contributed by atoms with Crippen LogP contribution in [0.4, 0.5) is 16.2 Å². The van der Waals surface area contributed by atoms with E-state index < -0.39 is 5.60 Å². The Morgan fingerprint density at radius 2 is 2.05 bits per heavy atom. The number of amides is 1. The Kier molecular flexibility index (Phi) is 6.27. The Labute approximate surface area is 126 Å². The number of carbonyl (C=O) groups is 1. The summed E-state index contributed by atoms with van der Waals surface area (Å²) >= 11 is 0. The quantitative estimate of drug-likeness (QED) is 0.789. The zero-order chi connectivity index (χ0) is 15.9. The first kappa shape index (κ1) is 17.1. The third-order valence-electron chi connectivity index (χ3n) is 2.62. The van der Waals surface area contributed by atoms with Gasteiger partial charge < -0.3 is 20.3 Å². The molecule has 0 aliphatic carbocycles. The number of hydrogen-bond donors (Lipinski definition) is 2. The molecular formula is C15H26N4O2. The Hall–Kier alpha value is -1.98. The highest BCUT2D eigenvalue weighted by molar-refractivity contribution is 5.68. The number of nitrogens with zero attached hydrogens (tertiary/aromatic N) is 2. The maximum atomic E-state index is 11.5. The average Bonchev–Trinajstić information content (AvgIpc) is 2.36. The number of anilines is 2. The third-order valence-corrected chi connectivity index (χ3v) is 2.62. The molecule has 0 bridgehead atoms. The van der Waals surface area contributed by atoms with Gasteiger partial charge in [0.05, 0.1) is 17.6 Å². The number of alkyl carbamates (subject to hydrolysis) is 1. The van der Waals surface area contributed by atoms with Crippen molar-refractivity contribution in [1.82, 2.24) is 10.3 Å². The van der Waals surface area contributed by atoms with Gasteiger partial charge in [-0.1, -0.05) is 0 Å². The average molecular weight is 294 g/mol. The number of nitrogens with one attached hydrogen (secondary N) is 2. The van der Waals surface area contributed by atoms with E-state index in [1.807, 2.05) is 45.8 Å². The summed E-state index contributed by atoms with van der Waals surface area (Å²) in [5, 5.41) is 6.06. The van der Waals surface area contributed by atoms with E-state index in [0.717, 1.165) is 24.3 Å². The van der Waals surface area contributed by atoms with Crippen LogP contribution in [0.2, 0.25) is 0 Å². The molecule has 2 N–H and O–H groups in total. The van der Waals surface area contributed by atoms with E-state index in [2.05, 4.69) is 15.6 Å². The Bertz CT molecular complexity index is 455. The molecular weight excluding hydrogens is 268 g/mol. The second-order valence-corrected chi connectivity index (χ2v) is 6.00. The van der Waals surface area contributed by atoms with Crippen LogP contribution in [0.3, 0.4) is 0 Å². The molecule has 0 spiro atoms. The molecule has 6 heteroatoms. The van der Waals surface area contributed by atoms with Crippen LogP contribution in [0.5, 0.6) is 0 Å². The van der Waals surface area contributed by atoms with Crippen molar-refractivity contribution in [1.29, 1.82) is 0 Å². The molecule has 0 saturated carbocycles. The molecule has 0 saturated heterocycles. The lowest BCUT2D eigenvalue weighted by Crippen LogP contribution is -2.33. The second-order valence-electron chi connectivity index (χ2n) is 6.00. The van der Waals surface area contributed by atoms with Crippen LogP contribution in [0, 0.1) is 0 Å². The first-order valence-electron chi connectivity index (χ1n) is 7.11. The number of carbonyl (C=O) groups excluding carboxylic acids is 1. The van der Waals surface area contributed by atoms with E-state index in [4.69, 9.17) is 4.74 Å². The summed E-state index contributed by atoms with van der Waals surface area (Å²) < 4.78 is 5.17. The lowest BCUT2D eigenvalue weighted by atomic mass is 10.2. The number of aromatic nitrogens is 1. The van der Waals surface area contributed by atoms with Crippen molar-refractivity contribution < 1.29 is 9.53 Å². The number of pyridine rings is 1. The van der Waals surface area contributed by atoms with Crippen molar-refractivity contribution in [3.8, 4) is 0 Å². The molecule has 21 heavy (non-hydrogen) atoms. The van der Waals surface area contributed by atoms with Crippen LogP contribution in [-0.4, -0.2) is 43.9 Å². The Morgan fingerprint density at radius 1 is 1.33 bits per heavy atom. The molecule has 0 aromatic carbocycles. The SMILES string of the molecule is CN(C)c1ccncc1NCCCNC(=O)OC(C)(C)C. The van der Waals surface area contributed by atoms with E-state index in [1.165, 1.54) is 0 Å². The standard InChI is InChI=1S/C15H26N4O2/c1-15(2,3)21-14(20)18-9-6-8-17-12-11-16-10-7-13(12)19(4)5/h7,10-11,17H,6,8-9H2,1-5H3,(H,18,20). The fourth-order valence-electron chi connectivity index (χ4n) is 1.73. The zero-order valence-electron chi connectivity index (χ0n) is 13.6. The molecule has 0 fully saturated rings. The first-order chi connectivity index (χ1) is 9.79. The van der Waals surface area contributed by atoms with Gasteiger partial charge in [-0.05, 0) is 33.3 Å². The van der Waals surface area contributed by atoms with Gasteiger partial charge in [0, 0.05) is 33.4 Å². The predicted octanol–water partition coefficient (Wildman–Crippen LogP) is 2.47. The molecule has 6 nitrogen and oxygen atoms in total. The molecule has 1 amide bonds. The molecule has 1 rings (SSSR count). The highest BCUT2D eigenvalue weighted by Crippen LogP contribution is 2.21. The summed E-state index contributed by atoms with van der Waals surface area (Å²) in [5.41, 5.74) is 1.61. The van der Waals surface area contributed by atoms with Crippen LogP contribution < -0.4 is 15.5 Å². The minimum Gasteiger partial charge on any atom is -0.444 e. The number of hydrogen-bond acceptors (Lipinski definition) is 5. The Morgan fingerprint density at radius 3 is 2.67 bits per heavy atom. The topological polar surface area (TPSA) is 66.5 Å². The summed E-state index contributed by atoms with van der Waals surface area (Å²) in [6, 6.07) is 1.96. The van der Waals surface area contributed by atoms with Crippen LogP contribution >= 0.6 is 0 Å². The summed E-state index contributed by atoms with van der Waals surface area (Å²) in [6.07, 6.45) is 4.00. The van der Waals surface area contributed by atoms with Gasteiger partial charge in [0.25, 0.3) is 0 Å². The van der Waals surface area contributed by atoms with Gasteiger partial charge in [0.2, 0.25) is 0 Å². The smallest absolute Gasteiger partial charge is 0.407 e. The van der Waals surface area contributed by atoms with Crippen molar-refractivity contribution >= 4 is 17.5 Å². The lowest BCUT2D eigenvalue weighted by molar-refractivity contribution is 0.0528. The fraction of sp³-hybridized carbons (Fsp3) is 0.600. The van der Waals surface area contributed by atoms with Gasteiger partial charge in [-0.15, -0.1) is 0 Å². The summed E-state index contributed by atoms with van der Waals surface area (Å²) in [5.74, 6) is 0. The minimum absolute atomic E-state index is 0.377. The van der Waals surface area contributed by atoms with Gasteiger partial charge in [-0.3, -0.25) is 4.98 Å². The van der Waals surface area contributed by atoms with E-state index in [1.54, 1.807) is 12.4 Å². The monoisotopic (exact) mass is 294 g/mol.